The van der Waals surface area contributed by atoms with Crippen molar-refractivity contribution < 1.29 is 10.2 Å². The van der Waals surface area contributed by atoms with Crippen LogP contribution in [0.5, 0.6) is 5.75 Å². The maximum Gasteiger partial charge on any atom is 0.121 e. The minimum atomic E-state index is -0.967. The second-order valence-corrected chi connectivity index (χ2v) is 5.26. The van der Waals surface area contributed by atoms with Crippen LogP contribution in [0.1, 0.15) is 49.8 Å². The van der Waals surface area contributed by atoms with Crippen LogP contribution in [-0.4, -0.2) is 10.2 Å². The van der Waals surface area contributed by atoms with Gasteiger partial charge in [0.2, 0.25) is 0 Å². The summed E-state index contributed by atoms with van der Waals surface area (Å²) in [6.07, 6.45) is 5.79. The average molecular weight is 220 g/mol. The van der Waals surface area contributed by atoms with E-state index in [1.54, 1.807) is 13.8 Å². The van der Waals surface area contributed by atoms with Gasteiger partial charge in [0.15, 0.2) is 0 Å². The first-order valence-electron chi connectivity index (χ1n) is 6.06. The van der Waals surface area contributed by atoms with Crippen molar-refractivity contribution in [1.82, 2.24) is 0 Å². The Morgan fingerprint density at radius 2 is 1.56 bits per heavy atom. The highest BCUT2D eigenvalue weighted by Crippen LogP contribution is 2.33. The number of hydrogen-bond acceptors (Lipinski definition) is 2. The zero-order valence-corrected chi connectivity index (χ0v) is 10.1. The molecule has 0 spiro atoms. The molecule has 0 radical (unpaired) electrons. The molecule has 0 saturated carbocycles. The van der Waals surface area contributed by atoms with Gasteiger partial charge < -0.3 is 10.2 Å². The van der Waals surface area contributed by atoms with Gasteiger partial charge in [0.1, 0.15) is 5.75 Å². The average Bonchev–Trinajstić information content (AvgIpc) is 2.39. The molecule has 2 rings (SSSR count). The van der Waals surface area contributed by atoms with Gasteiger partial charge in [-0.25, -0.2) is 0 Å². The molecule has 1 aromatic rings. The van der Waals surface area contributed by atoms with E-state index < -0.39 is 5.60 Å². The van der Waals surface area contributed by atoms with Gasteiger partial charge in [-0.3, -0.25) is 0 Å². The zero-order chi connectivity index (χ0) is 11.8. The smallest absolute Gasteiger partial charge is 0.121 e. The van der Waals surface area contributed by atoms with Crippen LogP contribution >= 0.6 is 0 Å². The van der Waals surface area contributed by atoms with Gasteiger partial charge in [-0.05, 0) is 62.8 Å². The number of phenolic OH excluding ortho intramolecular Hbond substituents is 1. The van der Waals surface area contributed by atoms with E-state index >= 15 is 0 Å². The van der Waals surface area contributed by atoms with Crippen LogP contribution < -0.4 is 0 Å². The molecule has 0 heterocycles. The van der Waals surface area contributed by atoms with E-state index in [0.717, 1.165) is 12.8 Å². The van der Waals surface area contributed by atoms with Crippen LogP contribution in [0, 0.1) is 0 Å². The molecule has 2 N–H and O–H groups in total. The number of rotatable bonds is 1. The Kier molecular flexibility index (Phi) is 2.94. The molecule has 0 aromatic heterocycles. The topological polar surface area (TPSA) is 40.5 Å². The van der Waals surface area contributed by atoms with Gasteiger partial charge in [0.05, 0.1) is 5.60 Å². The molecule has 1 aliphatic rings. The lowest BCUT2D eigenvalue weighted by atomic mass is 9.91. The van der Waals surface area contributed by atoms with E-state index in [2.05, 4.69) is 0 Å². The number of fused-ring (bicyclic) bond motifs is 1. The van der Waals surface area contributed by atoms with Crippen molar-refractivity contribution in [2.75, 3.05) is 0 Å². The lowest BCUT2D eigenvalue weighted by Crippen LogP contribution is -2.16. The maximum absolute atomic E-state index is 9.98. The van der Waals surface area contributed by atoms with E-state index in [4.69, 9.17) is 0 Å². The normalized spacial score (nSPS) is 16.7. The lowest BCUT2D eigenvalue weighted by molar-refractivity contribution is 0.0757. The van der Waals surface area contributed by atoms with Crippen molar-refractivity contribution in [3.63, 3.8) is 0 Å². The fourth-order valence-corrected chi connectivity index (χ4v) is 2.44. The predicted octanol–water partition coefficient (Wildman–Crippen LogP) is 2.89. The van der Waals surface area contributed by atoms with E-state index in [9.17, 15) is 10.2 Å². The SMILES string of the molecule is CC(C)(O)c1cc2c(cc1O)CCCCC2. The van der Waals surface area contributed by atoms with Crippen LogP contribution in [0.4, 0.5) is 0 Å². The van der Waals surface area contributed by atoms with Gasteiger partial charge in [-0.1, -0.05) is 6.42 Å². The molecule has 0 atom stereocenters. The van der Waals surface area contributed by atoms with Gasteiger partial charge in [-0.15, -0.1) is 0 Å². The molecular weight excluding hydrogens is 200 g/mol. The van der Waals surface area contributed by atoms with Gasteiger partial charge in [0, 0.05) is 5.56 Å². The Bertz CT molecular complexity index is 388. The highest BCUT2D eigenvalue weighted by atomic mass is 16.3. The molecule has 0 amide bonds. The standard InChI is InChI=1S/C14H20O2/c1-14(2,16)12-8-10-6-4-3-5-7-11(10)9-13(12)15/h8-9,15-16H,3-7H2,1-2H3. The maximum atomic E-state index is 9.98. The van der Waals surface area contributed by atoms with Gasteiger partial charge in [0.25, 0.3) is 0 Å². The summed E-state index contributed by atoms with van der Waals surface area (Å²) >= 11 is 0. The third kappa shape index (κ3) is 2.22. The van der Waals surface area contributed by atoms with Crippen molar-refractivity contribution in [1.29, 1.82) is 0 Å². The van der Waals surface area contributed by atoms with E-state index in [1.807, 2.05) is 12.1 Å². The number of aryl methyl sites for hydroxylation is 2. The fourth-order valence-electron chi connectivity index (χ4n) is 2.44. The largest absolute Gasteiger partial charge is 0.508 e. The lowest BCUT2D eigenvalue weighted by Gasteiger charge is -2.21. The Hall–Kier alpha value is -1.02. The zero-order valence-electron chi connectivity index (χ0n) is 10.1. The van der Waals surface area contributed by atoms with Crippen molar-refractivity contribution in [3.8, 4) is 5.75 Å². The van der Waals surface area contributed by atoms with Crippen molar-refractivity contribution >= 4 is 0 Å². The van der Waals surface area contributed by atoms with Crippen molar-refractivity contribution in [2.45, 2.75) is 51.6 Å². The monoisotopic (exact) mass is 220 g/mol. The molecule has 16 heavy (non-hydrogen) atoms. The first kappa shape index (κ1) is 11.5. The van der Waals surface area contributed by atoms with Crippen LogP contribution in [0.15, 0.2) is 12.1 Å². The molecular formula is C14H20O2. The Balaban J connectivity index is 2.47. The molecule has 2 heteroatoms. The second kappa shape index (κ2) is 4.10. The number of phenols is 1. The van der Waals surface area contributed by atoms with Gasteiger partial charge in [-0.2, -0.15) is 0 Å². The molecule has 1 aliphatic carbocycles. The summed E-state index contributed by atoms with van der Waals surface area (Å²) in [6, 6.07) is 3.82. The Morgan fingerprint density at radius 3 is 2.12 bits per heavy atom. The summed E-state index contributed by atoms with van der Waals surface area (Å²) < 4.78 is 0. The van der Waals surface area contributed by atoms with Crippen LogP contribution in [-0.2, 0) is 18.4 Å². The second-order valence-electron chi connectivity index (χ2n) is 5.26. The van der Waals surface area contributed by atoms with Crippen LogP contribution in [0.3, 0.4) is 0 Å². The molecule has 0 fully saturated rings. The summed E-state index contributed by atoms with van der Waals surface area (Å²) in [5.41, 5.74) is 2.23. The fraction of sp³-hybridized carbons (Fsp3) is 0.571. The first-order chi connectivity index (χ1) is 7.48. The summed E-state index contributed by atoms with van der Waals surface area (Å²) in [6.45, 7) is 3.43. The third-order valence-corrected chi connectivity index (χ3v) is 3.37. The molecule has 2 nitrogen and oxygen atoms in total. The number of aliphatic hydroxyl groups is 1. The number of hydrogen-bond donors (Lipinski definition) is 2. The predicted molar refractivity (Wildman–Crippen MR) is 64.6 cm³/mol. The first-order valence-corrected chi connectivity index (χ1v) is 6.06. The summed E-state index contributed by atoms with van der Waals surface area (Å²) in [4.78, 5) is 0. The molecule has 0 aliphatic heterocycles. The molecule has 0 bridgehead atoms. The third-order valence-electron chi connectivity index (χ3n) is 3.37. The molecule has 1 aromatic carbocycles. The highest BCUT2D eigenvalue weighted by Gasteiger charge is 2.22. The van der Waals surface area contributed by atoms with Gasteiger partial charge >= 0.3 is 0 Å². The minimum absolute atomic E-state index is 0.230. The quantitative estimate of drug-likeness (QED) is 0.714. The van der Waals surface area contributed by atoms with E-state index in [-0.39, 0.29) is 5.75 Å². The summed E-state index contributed by atoms with van der Waals surface area (Å²) in [7, 11) is 0. The highest BCUT2D eigenvalue weighted by molar-refractivity contribution is 5.45. The van der Waals surface area contributed by atoms with E-state index in [0.29, 0.717) is 5.56 Å². The van der Waals surface area contributed by atoms with E-state index in [1.165, 1.54) is 30.4 Å². The molecule has 0 saturated heterocycles. The Labute approximate surface area is 96.9 Å². The Morgan fingerprint density at radius 1 is 1.00 bits per heavy atom. The van der Waals surface area contributed by atoms with Crippen LogP contribution in [0.25, 0.3) is 0 Å². The summed E-state index contributed by atoms with van der Waals surface area (Å²) in [5.74, 6) is 0.230. The van der Waals surface area contributed by atoms with Crippen LogP contribution in [0.2, 0.25) is 0 Å². The molecule has 88 valence electrons. The summed E-state index contributed by atoms with van der Waals surface area (Å²) in [5, 5.41) is 19.9. The number of aromatic hydroxyl groups is 1. The minimum Gasteiger partial charge on any atom is -0.508 e. The van der Waals surface area contributed by atoms with Crippen molar-refractivity contribution in [3.05, 3.63) is 28.8 Å². The molecule has 0 unspecified atom stereocenters. The number of benzene rings is 1. The van der Waals surface area contributed by atoms with Crippen molar-refractivity contribution in [2.24, 2.45) is 0 Å².